The number of aromatic nitrogens is 4. The molecular weight excluding hydrogens is 899 g/mol. The lowest BCUT2D eigenvalue weighted by Crippen LogP contribution is -2.54. The van der Waals surface area contributed by atoms with Gasteiger partial charge in [0.2, 0.25) is 11.8 Å². The van der Waals surface area contributed by atoms with E-state index in [9.17, 15) is 19.5 Å². The van der Waals surface area contributed by atoms with Crippen molar-refractivity contribution < 1.29 is 32.6 Å². The Balaban J connectivity index is 0.696. The highest BCUT2D eigenvalue weighted by molar-refractivity contribution is 6.02. The molecule has 3 aromatic heterocycles. The van der Waals surface area contributed by atoms with Gasteiger partial charge in [0.25, 0.3) is 0 Å². The van der Waals surface area contributed by atoms with Crippen LogP contribution in [0.1, 0.15) is 69.9 Å². The molecule has 5 saturated heterocycles. The number of halogens is 2. The summed E-state index contributed by atoms with van der Waals surface area (Å²) in [5.41, 5.74) is 2.15. The van der Waals surface area contributed by atoms with Crippen molar-refractivity contribution >= 4 is 56.1 Å². The Labute approximate surface area is 403 Å². The number of carbonyl (C=O) groups is 2. The van der Waals surface area contributed by atoms with Crippen LogP contribution in [0.2, 0.25) is 0 Å². The van der Waals surface area contributed by atoms with Crippen LogP contribution in [0.15, 0.2) is 63.9 Å². The van der Waals surface area contributed by atoms with Gasteiger partial charge in [-0.3, -0.25) is 29.4 Å². The number of carbonyl (C=O) groups excluding carboxylic acids is 2. The number of ether oxygens (including phenoxy) is 1. The smallest absolute Gasteiger partial charge is 0.420 e. The molecule has 3 aromatic carbocycles. The number of hydrogen-bond acceptors (Lipinski definition) is 14. The van der Waals surface area contributed by atoms with E-state index in [1.807, 2.05) is 30.3 Å². The van der Waals surface area contributed by atoms with Crippen LogP contribution in [-0.2, 0) is 16.0 Å². The summed E-state index contributed by atoms with van der Waals surface area (Å²) >= 11 is 0. The SMILES string of the molecule is CCc1cccc2cc(O)cc(-c3ncc4c(N5CC6CCC(C5)N6)nc(OCC5(CN6CCC(F)(CN7CCN(c8ccc9c(c8)oc(=O)n9C8CCC(=O)NC8=O)CC7)CC6)CC5)nc4c3F)c12. The van der Waals surface area contributed by atoms with Gasteiger partial charge in [-0.25, -0.2) is 13.6 Å². The highest BCUT2D eigenvalue weighted by atomic mass is 19.1. The molecule has 8 heterocycles. The first-order chi connectivity index (χ1) is 33.9. The predicted molar refractivity (Wildman–Crippen MR) is 261 cm³/mol. The van der Waals surface area contributed by atoms with Crippen molar-refractivity contribution in [3.63, 3.8) is 0 Å². The summed E-state index contributed by atoms with van der Waals surface area (Å²) in [4.78, 5) is 60.5. The first-order valence-corrected chi connectivity index (χ1v) is 25.0. The number of nitrogens with zero attached hydrogens (tertiary/aromatic N) is 8. The summed E-state index contributed by atoms with van der Waals surface area (Å²) in [6.07, 6.45) is 7.76. The monoisotopic (exact) mass is 956 g/mol. The van der Waals surface area contributed by atoms with Crippen molar-refractivity contribution in [3.05, 3.63) is 76.7 Å². The Morgan fingerprint density at radius 3 is 2.40 bits per heavy atom. The van der Waals surface area contributed by atoms with Gasteiger partial charge in [-0.05, 0) is 92.0 Å². The molecule has 5 aliphatic heterocycles. The predicted octanol–water partition coefficient (Wildman–Crippen LogP) is 5.86. The molecule has 1 aliphatic carbocycles. The standard InChI is InChI=1S/C52H58F2N10O6/c1-2-31-4-3-5-32-22-36(65)24-37(43(31)32)45-44(53)46-38(25-55-45)47(63-26-33-6-7-34(27-63)56-33)59-49(58-46)69-30-51(12-13-51)28-60-16-14-52(54,15-17-60)29-61-18-20-62(21-19-61)35-8-9-39-41(23-35)70-50(68)64(39)40-10-11-42(66)57-48(40)67/h3-5,8-9,22-25,33-34,40,56,65H,2,6-7,10-21,26-30H2,1H3,(H,57,66,67). The molecule has 2 amide bonds. The van der Waals surface area contributed by atoms with Gasteiger partial charge in [0.05, 0.1) is 17.5 Å². The number of rotatable bonds is 12. The summed E-state index contributed by atoms with van der Waals surface area (Å²) < 4.78 is 47.2. The Bertz CT molecular complexity index is 3090. The van der Waals surface area contributed by atoms with E-state index in [1.54, 1.807) is 24.4 Å². The molecule has 18 heteroatoms. The maximum absolute atomic E-state index is 17.2. The number of likely N-dealkylation sites (tertiary alicyclic amines) is 1. The summed E-state index contributed by atoms with van der Waals surface area (Å²) in [5, 5.41) is 18.9. The van der Waals surface area contributed by atoms with E-state index in [0.717, 1.165) is 73.8 Å². The van der Waals surface area contributed by atoms with Gasteiger partial charge < -0.3 is 34.3 Å². The van der Waals surface area contributed by atoms with E-state index < -0.39 is 29.2 Å². The third-order valence-electron chi connectivity index (χ3n) is 16.0. The molecule has 16 nitrogen and oxygen atoms in total. The second-order valence-corrected chi connectivity index (χ2v) is 20.8. The largest absolute Gasteiger partial charge is 0.508 e. The number of nitrogens with one attached hydrogen (secondary N) is 2. The molecule has 3 unspecified atom stereocenters. The van der Waals surface area contributed by atoms with Crippen LogP contribution in [0.25, 0.3) is 44.0 Å². The summed E-state index contributed by atoms with van der Waals surface area (Å²) in [5.74, 6) is -1.42. The second kappa shape index (κ2) is 17.6. The Morgan fingerprint density at radius 2 is 1.66 bits per heavy atom. The summed E-state index contributed by atoms with van der Waals surface area (Å²) in [7, 11) is 0. The number of piperidine rings is 2. The number of amides is 2. The van der Waals surface area contributed by atoms with E-state index >= 15 is 8.78 Å². The molecule has 0 spiro atoms. The quantitative estimate of drug-likeness (QED) is 0.124. The zero-order valence-electron chi connectivity index (χ0n) is 39.4. The maximum atomic E-state index is 17.2. The Hall–Kier alpha value is -6.24. The van der Waals surface area contributed by atoms with Crippen molar-refractivity contribution in [2.45, 2.75) is 88.5 Å². The average Bonchev–Trinajstić information content (AvgIpc) is 3.93. The Kier molecular flexibility index (Phi) is 11.3. The van der Waals surface area contributed by atoms with E-state index in [2.05, 4.69) is 37.2 Å². The van der Waals surface area contributed by atoms with Gasteiger partial charge in [0, 0.05) is 113 Å². The minimum Gasteiger partial charge on any atom is -0.508 e. The molecule has 6 fully saturated rings. The van der Waals surface area contributed by atoms with Crippen LogP contribution in [0.4, 0.5) is 20.3 Å². The molecule has 0 radical (unpaired) electrons. The minimum atomic E-state index is -1.30. The zero-order valence-corrected chi connectivity index (χ0v) is 39.4. The first kappa shape index (κ1) is 44.9. The number of hydrogen-bond donors (Lipinski definition) is 3. The molecule has 366 valence electrons. The number of oxazole rings is 1. The number of phenolic OH excluding ortho intramolecular Hbond substituents is 1. The topological polar surface area (TPSA) is 174 Å². The lowest BCUT2D eigenvalue weighted by Gasteiger charge is -2.43. The summed E-state index contributed by atoms with van der Waals surface area (Å²) in [6.45, 7) is 9.09. The van der Waals surface area contributed by atoms with Crippen molar-refractivity contribution in [2.75, 3.05) is 81.9 Å². The molecular formula is C52H58F2N10O6. The molecule has 6 aliphatic rings. The number of piperazine rings is 2. The van der Waals surface area contributed by atoms with E-state index in [1.165, 1.54) is 4.57 Å². The number of benzene rings is 3. The highest BCUT2D eigenvalue weighted by Gasteiger charge is 2.47. The van der Waals surface area contributed by atoms with Crippen molar-refractivity contribution in [1.29, 1.82) is 0 Å². The fraction of sp³-hybridized carbons (Fsp3) is 0.500. The normalized spacial score (nSPS) is 23.7. The van der Waals surface area contributed by atoms with Gasteiger partial charge in [0.15, 0.2) is 11.4 Å². The number of phenols is 1. The van der Waals surface area contributed by atoms with Gasteiger partial charge >= 0.3 is 11.8 Å². The molecule has 3 atom stereocenters. The Morgan fingerprint density at radius 1 is 0.886 bits per heavy atom. The molecule has 12 rings (SSSR count). The molecule has 70 heavy (non-hydrogen) atoms. The van der Waals surface area contributed by atoms with Crippen LogP contribution >= 0.6 is 0 Å². The van der Waals surface area contributed by atoms with Gasteiger partial charge in [-0.1, -0.05) is 25.1 Å². The molecule has 1 saturated carbocycles. The van der Waals surface area contributed by atoms with E-state index in [4.69, 9.17) is 24.1 Å². The number of fused-ring (bicyclic) bond motifs is 5. The number of anilines is 2. The van der Waals surface area contributed by atoms with E-state index in [-0.39, 0.29) is 47.1 Å². The molecule has 2 bridgehead atoms. The number of aromatic hydroxyl groups is 1. The third kappa shape index (κ3) is 8.40. The lowest BCUT2D eigenvalue weighted by molar-refractivity contribution is -0.135. The van der Waals surface area contributed by atoms with Crippen LogP contribution in [0.5, 0.6) is 11.8 Å². The number of aryl methyl sites for hydroxylation is 1. The van der Waals surface area contributed by atoms with Gasteiger partial charge in [-0.15, -0.1) is 0 Å². The summed E-state index contributed by atoms with van der Waals surface area (Å²) in [6, 6.07) is 14.6. The fourth-order valence-corrected chi connectivity index (χ4v) is 12.0. The zero-order chi connectivity index (χ0) is 47.9. The number of alkyl halides is 1. The molecule has 6 aromatic rings. The van der Waals surface area contributed by atoms with Gasteiger partial charge in [0.1, 0.15) is 34.5 Å². The van der Waals surface area contributed by atoms with Crippen LogP contribution in [0, 0.1) is 11.2 Å². The lowest BCUT2D eigenvalue weighted by atomic mass is 9.91. The van der Waals surface area contributed by atoms with Crippen LogP contribution in [-0.4, -0.2) is 136 Å². The second-order valence-electron chi connectivity index (χ2n) is 20.8. The number of pyridine rings is 1. The highest BCUT2D eigenvalue weighted by Crippen LogP contribution is 2.48. The van der Waals surface area contributed by atoms with Crippen molar-refractivity contribution in [1.82, 2.24) is 40.0 Å². The van der Waals surface area contributed by atoms with Crippen molar-refractivity contribution in [3.8, 4) is 23.0 Å². The first-order valence-electron chi connectivity index (χ1n) is 25.0. The number of imide groups is 1. The van der Waals surface area contributed by atoms with Crippen molar-refractivity contribution in [2.24, 2.45) is 5.41 Å². The minimum absolute atomic E-state index is 0.0330. The van der Waals surface area contributed by atoms with Crippen LogP contribution in [0.3, 0.4) is 0 Å². The fourth-order valence-electron chi connectivity index (χ4n) is 12.0. The third-order valence-corrected chi connectivity index (χ3v) is 16.0. The average molecular weight is 957 g/mol. The van der Waals surface area contributed by atoms with E-state index in [0.29, 0.717) is 105 Å². The van der Waals surface area contributed by atoms with Gasteiger partial charge in [-0.2, -0.15) is 9.97 Å². The maximum Gasteiger partial charge on any atom is 0.420 e. The molecule has 3 N–H and O–H groups in total. The van der Waals surface area contributed by atoms with Crippen LogP contribution < -0.4 is 30.9 Å².